The van der Waals surface area contributed by atoms with Crippen molar-refractivity contribution in [3.05, 3.63) is 86.4 Å². The van der Waals surface area contributed by atoms with Crippen LogP contribution >= 0.6 is 31.9 Å². The van der Waals surface area contributed by atoms with Crippen molar-refractivity contribution in [2.45, 2.75) is 7.43 Å². The van der Waals surface area contributed by atoms with Gasteiger partial charge in [-0.3, -0.25) is 4.79 Å². The summed E-state index contributed by atoms with van der Waals surface area (Å²) >= 11 is 6.92. The Morgan fingerprint density at radius 2 is 1.50 bits per heavy atom. The zero-order chi connectivity index (χ0) is 18.0. The average molecular weight is 622 g/mol. The molecule has 0 amide bonds. The van der Waals surface area contributed by atoms with E-state index in [1.807, 2.05) is 43.6 Å². The van der Waals surface area contributed by atoms with Crippen molar-refractivity contribution >= 4 is 53.4 Å². The smallest absolute Gasteiger partial charge is 0.258 e. The molecule has 4 aromatic rings. The summed E-state index contributed by atoms with van der Waals surface area (Å²) in [5.41, 5.74) is 0.0406. The lowest BCUT2D eigenvalue weighted by Gasteiger charge is -2.01. The summed E-state index contributed by atoms with van der Waals surface area (Å²) in [7, 11) is 3.78. The molecule has 0 unspecified atom stereocenters. The predicted octanol–water partition coefficient (Wildman–Crippen LogP) is 1.54. The fraction of sp³-hybridized carbons (Fsp3) is 0.143. The first-order valence-corrected chi connectivity index (χ1v) is 9.33. The maximum atomic E-state index is 11.6. The molecule has 0 fully saturated rings. The van der Waals surface area contributed by atoms with Crippen molar-refractivity contribution < 1.29 is 34.0 Å². The number of pyridine rings is 2. The summed E-state index contributed by atoms with van der Waals surface area (Å²) in [6.45, 7) is 0. The maximum Gasteiger partial charge on any atom is 0.258 e. The van der Waals surface area contributed by atoms with Gasteiger partial charge in [-0.2, -0.15) is 0 Å². The highest BCUT2D eigenvalue weighted by Crippen LogP contribution is 2.21. The van der Waals surface area contributed by atoms with Crippen LogP contribution in [-0.4, -0.2) is 10.0 Å². The van der Waals surface area contributed by atoms with Crippen LogP contribution in [0.3, 0.4) is 0 Å². The minimum atomic E-state index is 0. The van der Waals surface area contributed by atoms with Gasteiger partial charge in [0.05, 0.1) is 0 Å². The molecule has 0 saturated heterocycles. The van der Waals surface area contributed by atoms with E-state index < -0.39 is 0 Å². The Kier molecular flexibility index (Phi) is 11.1. The van der Waals surface area contributed by atoms with E-state index in [9.17, 15) is 4.79 Å². The van der Waals surface area contributed by atoms with Crippen LogP contribution in [-0.2, 0) is 14.1 Å². The van der Waals surface area contributed by atoms with Crippen molar-refractivity contribution in [1.29, 1.82) is 0 Å². The van der Waals surface area contributed by atoms with E-state index in [0.29, 0.717) is 0 Å². The Labute approximate surface area is 198 Å². The number of fused-ring (bicyclic) bond motifs is 2. The molecule has 28 heavy (non-hydrogen) atoms. The van der Waals surface area contributed by atoms with E-state index in [-0.39, 0.29) is 42.4 Å². The third-order valence-electron chi connectivity index (χ3n) is 3.97. The summed E-state index contributed by atoms with van der Waals surface area (Å²) in [6.07, 6.45) is 5.93. The molecule has 0 aliphatic rings. The second-order valence-corrected chi connectivity index (χ2v) is 7.49. The van der Waals surface area contributed by atoms with Crippen LogP contribution in [0.4, 0.5) is 0 Å². The van der Waals surface area contributed by atoms with Crippen LogP contribution in [0.1, 0.15) is 7.43 Å². The Morgan fingerprint density at radius 1 is 0.893 bits per heavy atom. The molecule has 2 aromatic carbocycles. The van der Waals surface area contributed by atoms with E-state index in [0.717, 1.165) is 19.7 Å². The Hall–Kier alpha value is -1.29. The Bertz CT molecular complexity index is 1130. The molecule has 2 aromatic heterocycles. The predicted molar refractivity (Wildman–Crippen MR) is 120 cm³/mol. The van der Waals surface area contributed by atoms with Crippen LogP contribution in [0.5, 0.6) is 0 Å². The molecule has 4 nitrogen and oxygen atoms in total. The molecule has 4 rings (SSSR count). The van der Waals surface area contributed by atoms with Gasteiger partial charge in [0.1, 0.15) is 7.05 Å². The lowest BCUT2D eigenvalue weighted by molar-refractivity contribution is -0.670. The standard InChI is InChI=1S/C10H8BrNO.C10H9BrN.CH4.HI.H2O/c1-12-6-5-7-8(10(12)13)3-2-4-9(7)11;1-12-6-5-9-8(7-12)3-2-4-10(9)11;;;/h2-6H,1H3;2-7H,1H3;1H4;1H;1H2/q;+1;;;/p-1. The third kappa shape index (κ3) is 5.85. The van der Waals surface area contributed by atoms with Crippen LogP contribution in [0.25, 0.3) is 21.5 Å². The quantitative estimate of drug-likeness (QED) is 0.217. The van der Waals surface area contributed by atoms with Gasteiger partial charge in [0.15, 0.2) is 12.4 Å². The summed E-state index contributed by atoms with van der Waals surface area (Å²) < 4.78 is 5.74. The molecular formula is C21H23Br2IN2O2. The fourth-order valence-electron chi connectivity index (χ4n) is 2.63. The first kappa shape index (κ1) is 26.7. The van der Waals surface area contributed by atoms with E-state index in [4.69, 9.17) is 0 Å². The summed E-state index contributed by atoms with van der Waals surface area (Å²) in [5.74, 6) is 0. The normalized spacial score (nSPS) is 9.43. The van der Waals surface area contributed by atoms with Gasteiger partial charge < -0.3 is 34.0 Å². The van der Waals surface area contributed by atoms with Crippen molar-refractivity contribution in [3.8, 4) is 0 Å². The van der Waals surface area contributed by atoms with Gasteiger partial charge in [0.25, 0.3) is 5.56 Å². The molecule has 0 aliphatic heterocycles. The number of hydrogen-bond donors (Lipinski definition) is 0. The zero-order valence-corrected chi connectivity index (χ0v) is 20.1. The molecule has 0 spiro atoms. The summed E-state index contributed by atoms with van der Waals surface area (Å²) in [6, 6.07) is 15.9. The molecule has 0 saturated carbocycles. The number of aromatic nitrogens is 2. The maximum absolute atomic E-state index is 11.6. The highest BCUT2D eigenvalue weighted by molar-refractivity contribution is 9.11. The van der Waals surface area contributed by atoms with E-state index in [1.54, 1.807) is 17.8 Å². The molecule has 2 N–H and O–H groups in total. The Morgan fingerprint density at radius 3 is 2.18 bits per heavy atom. The monoisotopic (exact) mass is 620 g/mol. The molecule has 150 valence electrons. The summed E-state index contributed by atoms with van der Waals surface area (Å²) in [4.78, 5) is 11.6. The van der Waals surface area contributed by atoms with Gasteiger partial charge in [-0.25, -0.2) is 4.57 Å². The number of hydrogen-bond acceptors (Lipinski definition) is 1. The van der Waals surface area contributed by atoms with Crippen molar-refractivity contribution in [2.75, 3.05) is 0 Å². The van der Waals surface area contributed by atoms with Crippen LogP contribution in [0.15, 0.2) is 80.9 Å². The number of halogens is 3. The average Bonchev–Trinajstić information content (AvgIpc) is 2.59. The topological polar surface area (TPSA) is 57.4 Å². The molecule has 0 atom stereocenters. The first-order valence-electron chi connectivity index (χ1n) is 7.75. The van der Waals surface area contributed by atoms with Crippen LogP contribution < -0.4 is 34.1 Å². The number of nitrogens with zero attached hydrogens (tertiary/aromatic N) is 2. The highest BCUT2D eigenvalue weighted by atomic mass is 127. The SMILES string of the molecule is C.C[n+]1ccc2c(Br)cccc2c1.Cn1ccc2c(Br)cccc2c1=O.O.[I-]. The minimum Gasteiger partial charge on any atom is -1.00 e. The molecular weight excluding hydrogens is 599 g/mol. The van der Waals surface area contributed by atoms with E-state index >= 15 is 0 Å². The van der Waals surface area contributed by atoms with Gasteiger partial charge in [-0.1, -0.05) is 51.4 Å². The second-order valence-electron chi connectivity index (χ2n) is 5.79. The first-order chi connectivity index (χ1) is 12.0. The number of rotatable bonds is 0. The second kappa shape index (κ2) is 11.6. The van der Waals surface area contributed by atoms with Gasteiger partial charge >= 0.3 is 0 Å². The lowest BCUT2D eigenvalue weighted by atomic mass is 10.2. The fourth-order valence-corrected chi connectivity index (χ4v) is 3.65. The number of aryl methyl sites for hydroxylation is 2. The highest BCUT2D eigenvalue weighted by Gasteiger charge is 2.02. The summed E-state index contributed by atoms with van der Waals surface area (Å²) in [5, 5.41) is 4.23. The van der Waals surface area contributed by atoms with Crippen LogP contribution in [0.2, 0.25) is 0 Å². The molecule has 0 radical (unpaired) electrons. The lowest BCUT2D eigenvalue weighted by Crippen LogP contribution is -3.00. The number of benzene rings is 2. The van der Waals surface area contributed by atoms with E-state index in [2.05, 4.69) is 60.8 Å². The largest absolute Gasteiger partial charge is 1.00 e. The van der Waals surface area contributed by atoms with Crippen molar-refractivity contribution in [1.82, 2.24) is 4.57 Å². The molecule has 0 aliphatic carbocycles. The van der Waals surface area contributed by atoms with Gasteiger partial charge in [0.2, 0.25) is 0 Å². The third-order valence-corrected chi connectivity index (χ3v) is 5.36. The van der Waals surface area contributed by atoms with E-state index in [1.165, 1.54) is 10.8 Å². The van der Waals surface area contributed by atoms with Crippen molar-refractivity contribution in [2.24, 2.45) is 14.1 Å². The van der Waals surface area contributed by atoms with Crippen molar-refractivity contribution in [3.63, 3.8) is 0 Å². The zero-order valence-electron chi connectivity index (χ0n) is 14.8. The minimum absolute atomic E-state index is 0. The Balaban J connectivity index is 0.000000471. The van der Waals surface area contributed by atoms with Gasteiger partial charge in [-0.15, -0.1) is 0 Å². The van der Waals surface area contributed by atoms with Gasteiger partial charge in [-0.05, 0) is 30.3 Å². The van der Waals surface area contributed by atoms with Crippen LogP contribution in [0, 0.1) is 0 Å². The molecule has 2 heterocycles. The molecule has 0 bridgehead atoms. The molecule has 7 heteroatoms. The van der Waals surface area contributed by atoms with Gasteiger partial charge in [0, 0.05) is 49.8 Å².